The zero-order valence-electron chi connectivity index (χ0n) is 34.4. The summed E-state index contributed by atoms with van der Waals surface area (Å²) in [7, 11) is 0. The predicted octanol–water partition coefficient (Wildman–Crippen LogP) is 13.3. The first-order valence-electron chi connectivity index (χ1n) is 20.0. The highest BCUT2D eigenvalue weighted by Gasteiger charge is 2.48. The Hall–Kier alpha value is -7.90. The van der Waals surface area contributed by atoms with Crippen LogP contribution in [0.1, 0.15) is 83.3 Å². The van der Waals surface area contributed by atoms with Crippen molar-refractivity contribution >= 4 is 34.1 Å². The maximum Gasteiger partial charge on any atom is 0.0991 e. The summed E-state index contributed by atoms with van der Waals surface area (Å²) in [6, 6.07) is 53.1. The predicted molar refractivity (Wildman–Crippen MR) is 239 cm³/mol. The molecule has 286 valence electrons. The Labute approximate surface area is 351 Å². The fraction of sp³-hybridized carbons (Fsp3) is 0.148. The molecule has 2 aliphatic rings. The lowest BCUT2D eigenvalue weighted by molar-refractivity contribution is 0.600. The van der Waals surface area contributed by atoms with E-state index in [9.17, 15) is 21.0 Å². The third-order valence-corrected chi connectivity index (χ3v) is 12.7. The van der Waals surface area contributed by atoms with Gasteiger partial charge in [0.25, 0.3) is 0 Å². The third-order valence-electron chi connectivity index (χ3n) is 12.7. The summed E-state index contributed by atoms with van der Waals surface area (Å²) >= 11 is 0. The molecule has 0 saturated carbocycles. The molecule has 6 nitrogen and oxygen atoms in total. The Kier molecular flexibility index (Phi) is 8.72. The molecule has 9 rings (SSSR count). The van der Waals surface area contributed by atoms with Crippen molar-refractivity contribution in [3.63, 3.8) is 0 Å². The number of benzene rings is 7. The van der Waals surface area contributed by atoms with Crippen LogP contribution in [0.5, 0.6) is 0 Å². The van der Waals surface area contributed by atoms with Crippen LogP contribution in [0.2, 0.25) is 0 Å². The topological polar surface area (TPSA) is 102 Å². The molecule has 0 aromatic heterocycles. The second kappa shape index (κ2) is 13.9. The molecule has 0 aliphatic heterocycles. The van der Waals surface area contributed by atoms with Gasteiger partial charge in [0.2, 0.25) is 0 Å². The van der Waals surface area contributed by atoms with Gasteiger partial charge in [-0.3, -0.25) is 0 Å². The average molecular weight is 773 g/mol. The van der Waals surface area contributed by atoms with Crippen LogP contribution in [0.25, 0.3) is 22.3 Å². The Morgan fingerprint density at radius 2 is 0.617 bits per heavy atom. The van der Waals surface area contributed by atoms with Crippen LogP contribution in [0.4, 0.5) is 34.1 Å². The molecule has 0 amide bonds. The molecule has 7 aromatic rings. The number of hydrogen-bond donors (Lipinski definition) is 0. The molecule has 0 fully saturated rings. The van der Waals surface area contributed by atoms with Crippen LogP contribution in [-0.4, -0.2) is 0 Å². The summed E-state index contributed by atoms with van der Waals surface area (Å²) in [6.07, 6.45) is 0. The normalized spacial score (nSPS) is 13.4. The van der Waals surface area contributed by atoms with Crippen molar-refractivity contribution in [3.8, 4) is 46.5 Å². The Bertz CT molecular complexity index is 2740. The average Bonchev–Trinajstić information content (AvgIpc) is 3.65. The van der Waals surface area contributed by atoms with Gasteiger partial charge >= 0.3 is 0 Å². The van der Waals surface area contributed by atoms with E-state index in [0.29, 0.717) is 22.3 Å². The van der Waals surface area contributed by atoms with Gasteiger partial charge in [-0.1, -0.05) is 39.8 Å². The molecule has 0 radical (unpaired) electrons. The monoisotopic (exact) mass is 772 g/mol. The Morgan fingerprint density at radius 3 is 0.867 bits per heavy atom. The molecular weight excluding hydrogens is 733 g/mol. The molecule has 0 heterocycles. The van der Waals surface area contributed by atoms with E-state index in [1.54, 1.807) is 0 Å². The van der Waals surface area contributed by atoms with E-state index in [2.05, 4.69) is 112 Å². The molecular formula is C54H40N6. The number of hydrogen-bond acceptors (Lipinski definition) is 6. The van der Waals surface area contributed by atoms with Crippen molar-refractivity contribution in [2.75, 3.05) is 9.80 Å². The van der Waals surface area contributed by atoms with Gasteiger partial charge in [0, 0.05) is 45.0 Å². The first-order valence-corrected chi connectivity index (χ1v) is 20.0. The highest BCUT2D eigenvalue weighted by Crippen LogP contribution is 2.62. The molecule has 0 saturated heterocycles. The summed E-state index contributed by atoms with van der Waals surface area (Å²) in [4.78, 5) is 4.39. The van der Waals surface area contributed by atoms with Gasteiger partial charge in [-0.25, -0.2) is 0 Å². The summed E-state index contributed by atoms with van der Waals surface area (Å²) in [6.45, 7) is 14.0. The van der Waals surface area contributed by atoms with E-state index in [0.717, 1.165) is 34.1 Å². The number of rotatable bonds is 6. The minimum atomic E-state index is -0.358. The van der Waals surface area contributed by atoms with Gasteiger partial charge in [-0.05, 0) is 191 Å². The number of anilines is 6. The molecule has 2 aliphatic carbocycles. The number of nitriles is 4. The van der Waals surface area contributed by atoms with Crippen LogP contribution < -0.4 is 9.80 Å². The van der Waals surface area contributed by atoms with E-state index >= 15 is 0 Å². The fourth-order valence-corrected chi connectivity index (χ4v) is 9.64. The van der Waals surface area contributed by atoms with Gasteiger partial charge < -0.3 is 9.80 Å². The minimum Gasteiger partial charge on any atom is -0.310 e. The van der Waals surface area contributed by atoms with Crippen molar-refractivity contribution in [3.05, 3.63) is 189 Å². The summed E-state index contributed by atoms with van der Waals surface area (Å²) in [5.41, 5.74) is 20.2. The summed E-state index contributed by atoms with van der Waals surface area (Å²) < 4.78 is 0. The van der Waals surface area contributed by atoms with Crippen LogP contribution in [0, 0.1) is 59.2 Å². The van der Waals surface area contributed by atoms with Crippen molar-refractivity contribution in [2.24, 2.45) is 0 Å². The highest BCUT2D eigenvalue weighted by molar-refractivity contribution is 5.97. The van der Waals surface area contributed by atoms with Crippen LogP contribution in [0.15, 0.2) is 133 Å². The number of fused-ring (bicyclic) bond motifs is 7. The Morgan fingerprint density at radius 1 is 0.367 bits per heavy atom. The highest BCUT2D eigenvalue weighted by atomic mass is 15.1. The van der Waals surface area contributed by atoms with Gasteiger partial charge in [0.15, 0.2) is 0 Å². The zero-order valence-corrected chi connectivity index (χ0v) is 34.4. The van der Waals surface area contributed by atoms with E-state index in [4.69, 9.17) is 0 Å². The lowest BCUT2D eigenvalue weighted by Crippen LogP contribution is -2.25. The van der Waals surface area contributed by atoms with Crippen molar-refractivity contribution in [2.45, 2.75) is 52.4 Å². The smallest absolute Gasteiger partial charge is 0.0991 e. The second-order valence-corrected chi connectivity index (χ2v) is 16.8. The van der Waals surface area contributed by atoms with Gasteiger partial charge in [-0.2, -0.15) is 21.0 Å². The molecule has 0 N–H and O–H groups in total. The lowest BCUT2D eigenvalue weighted by Gasteiger charge is -2.33. The van der Waals surface area contributed by atoms with Crippen molar-refractivity contribution in [1.29, 1.82) is 21.0 Å². The van der Waals surface area contributed by atoms with Crippen LogP contribution in [0.3, 0.4) is 0 Å². The maximum atomic E-state index is 9.56. The van der Waals surface area contributed by atoms with Crippen molar-refractivity contribution in [1.82, 2.24) is 0 Å². The first-order chi connectivity index (χ1) is 28.9. The van der Waals surface area contributed by atoms with Gasteiger partial charge in [-0.15, -0.1) is 0 Å². The van der Waals surface area contributed by atoms with E-state index < -0.39 is 0 Å². The van der Waals surface area contributed by atoms with E-state index in [-0.39, 0.29) is 10.8 Å². The molecule has 0 bridgehead atoms. The lowest BCUT2D eigenvalue weighted by atomic mass is 9.71. The quantitative estimate of drug-likeness (QED) is 0.167. The fourth-order valence-electron chi connectivity index (χ4n) is 9.64. The second-order valence-electron chi connectivity index (χ2n) is 16.8. The van der Waals surface area contributed by atoms with Crippen molar-refractivity contribution < 1.29 is 0 Å². The molecule has 7 aromatic carbocycles. The minimum absolute atomic E-state index is 0.358. The molecule has 0 unspecified atom stereocenters. The van der Waals surface area contributed by atoms with Crippen LogP contribution >= 0.6 is 0 Å². The SMILES string of the molecule is Cc1c(C)c2c(c3c1-c1ccc(N(c4ccc(C#N)cc4)c4ccc(C#N)cc4)cc1C3(C)C)C(C)(C)c1cc(N(c3ccc(C#N)cc3)c3ccc(C#N)cc3)ccc1-2. The standard InChI is InChI=1S/C54H40N6/c1-33-34(2)50-46-26-24-44(60(41-19-11-37(31-57)12-20-41)42-21-13-38(32-58)14-22-42)28-48(46)54(5,6)52(50)51-49(33)45-25-23-43(27-47(45)53(51,3)4)59(39-15-7-35(29-55)8-16-39)40-17-9-36(30-56)10-18-40/h7-28H,1-6H3. The number of nitrogens with zero attached hydrogens (tertiary/aromatic N) is 6. The summed E-state index contributed by atoms with van der Waals surface area (Å²) in [5.74, 6) is 0. The third kappa shape index (κ3) is 5.66. The largest absolute Gasteiger partial charge is 0.310 e. The Balaban J connectivity index is 1.19. The molecule has 0 atom stereocenters. The molecule has 0 spiro atoms. The first kappa shape index (κ1) is 37.7. The maximum absolute atomic E-state index is 9.56. The van der Waals surface area contributed by atoms with E-state index in [1.165, 1.54) is 55.6 Å². The molecule has 6 heteroatoms. The zero-order chi connectivity index (χ0) is 42.1. The molecule has 60 heavy (non-hydrogen) atoms. The van der Waals surface area contributed by atoms with Crippen LogP contribution in [-0.2, 0) is 10.8 Å². The summed E-state index contributed by atoms with van der Waals surface area (Å²) in [5, 5.41) is 38.2. The van der Waals surface area contributed by atoms with Gasteiger partial charge in [0.05, 0.1) is 46.5 Å². The van der Waals surface area contributed by atoms with E-state index in [1.807, 2.05) is 97.1 Å². The van der Waals surface area contributed by atoms with Gasteiger partial charge in [0.1, 0.15) is 0 Å².